The lowest BCUT2D eigenvalue weighted by Crippen LogP contribution is -1.74. The predicted molar refractivity (Wildman–Crippen MR) is 87.7 cm³/mol. The van der Waals surface area contributed by atoms with E-state index in [1.54, 1.807) is 0 Å². The molecule has 5 aromatic carbocycles. The first-order valence-electron chi connectivity index (χ1n) is 6.96. The summed E-state index contributed by atoms with van der Waals surface area (Å²) in [6, 6.07) is 26.6. The van der Waals surface area contributed by atoms with Crippen molar-refractivity contribution < 1.29 is 0 Å². The zero-order valence-corrected chi connectivity index (χ0v) is 10.9. The van der Waals surface area contributed by atoms with Gasteiger partial charge < -0.3 is 0 Å². The van der Waals surface area contributed by atoms with Gasteiger partial charge in [-0.1, -0.05) is 60.7 Å². The minimum absolute atomic E-state index is 1.30. The summed E-state index contributed by atoms with van der Waals surface area (Å²) in [5.41, 5.74) is 0. The number of hydrogen-bond donors (Lipinski definition) is 0. The maximum atomic E-state index is 2.31. The van der Waals surface area contributed by atoms with Crippen molar-refractivity contribution in [2.24, 2.45) is 0 Å². The molecule has 0 aromatic heterocycles. The van der Waals surface area contributed by atoms with Crippen molar-refractivity contribution in [3.8, 4) is 0 Å². The van der Waals surface area contributed by atoms with E-state index in [0.29, 0.717) is 0 Å². The smallest absolute Gasteiger partial charge is 0.00264 e. The van der Waals surface area contributed by atoms with E-state index >= 15 is 0 Å². The van der Waals surface area contributed by atoms with Crippen LogP contribution < -0.4 is 0 Å². The molecule has 0 radical (unpaired) electrons. The lowest BCUT2D eigenvalue weighted by molar-refractivity contribution is 1.82. The van der Waals surface area contributed by atoms with Gasteiger partial charge in [-0.05, 0) is 55.2 Å². The molecule has 0 aliphatic carbocycles. The fourth-order valence-corrected chi connectivity index (χ4v) is 3.41. The van der Waals surface area contributed by atoms with Crippen LogP contribution in [-0.2, 0) is 0 Å². The first-order chi connectivity index (χ1) is 9.90. The molecule has 0 N–H and O–H groups in total. The summed E-state index contributed by atoms with van der Waals surface area (Å²) in [6.45, 7) is 0. The van der Waals surface area contributed by atoms with Gasteiger partial charge in [0.15, 0.2) is 0 Å². The van der Waals surface area contributed by atoms with E-state index in [4.69, 9.17) is 0 Å². The highest BCUT2D eigenvalue weighted by molar-refractivity contribution is 6.24. The number of hydrogen-bond acceptors (Lipinski definition) is 0. The average Bonchev–Trinajstić information content (AvgIpc) is 2.82. The summed E-state index contributed by atoms with van der Waals surface area (Å²) in [5.74, 6) is 0. The average molecular weight is 252 g/mol. The largest absolute Gasteiger partial charge is 0.0616 e. The van der Waals surface area contributed by atoms with Crippen LogP contribution in [0.15, 0.2) is 72.8 Å². The summed E-state index contributed by atoms with van der Waals surface area (Å²) in [4.78, 5) is 0. The molecule has 92 valence electrons. The Balaban J connectivity index is 2.21. The van der Waals surface area contributed by atoms with Gasteiger partial charge >= 0.3 is 0 Å². The van der Waals surface area contributed by atoms with Crippen LogP contribution in [0.4, 0.5) is 0 Å². The normalized spacial score (nSPS) is 12.0. The molecule has 0 atom stereocenters. The molecular weight excluding hydrogens is 240 g/mol. The topological polar surface area (TPSA) is 0 Å². The van der Waals surface area contributed by atoms with Crippen LogP contribution in [0.2, 0.25) is 0 Å². The second kappa shape index (κ2) is 3.49. The van der Waals surface area contributed by atoms with E-state index in [9.17, 15) is 0 Å². The molecule has 0 nitrogen and oxygen atoms in total. The van der Waals surface area contributed by atoms with E-state index < -0.39 is 0 Å². The Morgan fingerprint density at radius 2 is 0.750 bits per heavy atom. The van der Waals surface area contributed by atoms with Crippen LogP contribution >= 0.6 is 0 Å². The van der Waals surface area contributed by atoms with Crippen LogP contribution in [0.3, 0.4) is 0 Å². The van der Waals surface area contributed by atoms with Gasteiger partial charge in [0.2, 0.25) is 0 Å². The van der Waals surface area contributed by atoms with Gasteiger partial charge in [-0.2, -0.15) is 0 Å². The van der Waals surface area contributed by atoms with Crippen LogP contribution in [-0.4, -0.2) is 0 Å². The second-order valence-electron chi connectivity index (χ2n) is 5.49. The van der Waals surface area contributed by atoms with E-state index in [-0.39, 0.29) is 0 Å². The first kappa shape index (κ1) is 10.2. The van der Waals surface area contributed by atoms with Gasteiger partial charge in [0, 0.05) is 0 Å². The molecule has 0 bridgehead atoms. The highest BCUT2D eigenvalue weighted by Gasteiger charge is 2.08. The number of fused-ring (bicyclic) bond motifs is 1. The monoisotopic (exact) mass is 252 g/mol. The van der Waals surface area contributed by atoms with Gasteiger partial charge in [0.05, 0.1) is 0 Å². The molecular formula is C20H12. The Kier molecular flexibility index (Phi) is 1.78. The third-order valence-electron chi connectivity index (χ3n) is 4.35. The first-order valence-corrected chi connectivity index (χ1v) is 6.96. The third-order valence-corrected chi connectivity index (χ3v) is 4.35. The molecule has 0 heteroatoms. The van der Waals surface area contributed by atoms with E-state index in [2.05, 4.69) is 72.8 Å². The standard InChI is InChI=1S/C20H12/c1-2-4-16-12-18-10-8-14-6-5-13-7-9-17(11-15(16)3-1)20(18)19(13)14/h1-12H. The fraction of sp³-hybridized carbons (Fsp3) is 0. The van der Waals surface area contributed by atoms with Crippen LogP contribution in [0.5, 0.6) is 0 Å². The van der Waals surface area contributed by atoms with Crippen LogP contribution in [0, 0.1) is 0 Å². The highest BCUT2D eigenvalue weighted by Crippen LogP contribution is 2.36. The highest BCUT2D eigenvalue weighted by atomic mass is 14.1. The lowest BCUT2D eigenvalue weighted by atomic mass is 10.0. The lowest BCUT2D eigenvalue weighted by Gasteiger charge is -2.02. The van der Waals surface area contributed by atoms with Gasteiger partial charge in [0.25, 0.3) is 0 Å². The Labute approximate surface area is 116 Å². The summed E-state index contributed by atoms with van der Waals surface area (Å²) < 4.78 is 0. The van der Waals surface area contributed by atoms with Gasteiger partial charge in [-0.25, -0.2) is 0 Å². The molecule has 5 rings (SSSR count). The molecule has 0 unspecified atom stereocenters. The fourth-order valence-electron chi connectivity index (χ4n) is 3.41. The number of rotatable bonds is 0. The van der Waals surface area contributed by atoms with Crippen LogP contribution in [0.1, 0.15) is 0 Å². The number of benzene rings is 3. The summed E-state index contributed by atoms with van der Waals surface area (Å²) >= 11 is 0. The van der Waals surface area contributed by atoms with Crippen molar-refractivity contribution in [3.63, 3.8) is 0 Å². The van der Waals surface area contributed by atoms with E-state index in [0.717, 1.165) is 0 Å². The van der Waals surface area contributed by atoms with E-state index in [1.165, 1.54) is 43.1 Å². The van der Waals surface area contributed by atoms with Crippen LogP contribution in [0.25, 0.3) is 43.1 Å². The summed E-state index contributed by atoms with van der Waals surface area (Å²) in [7, 11) is 0. The maximum Gasteiger partial charge on any atom is -0.00264 e. The predicted octanol–water partition coefficient (Wildman–Crippen LogP) is 5.74. The Bertz CT molecular complexity index is 1000. The van der Waals surface area contributed by atoms with Gasteiger partial charge in [0.1, 0.15) is 0 Å². The zero-order valence-electron chi connectivity index (χ0n) is 10.9. The zero-order chi connectivity index (χ0) is 13.1. The quantitative estimate of drug-likeness (QED) is 0.330. The Hall–Kier alpha value is -2.60. The van der Waals surface area contributed by atoms with Crippen molar-refractivity contribution >= 4 is 43.1 Å². The maximum absolute atomic E-state index is 2.31. The Morgan fingerprint density at radius 3 is 1.25 bits per heavy atom. The molecule has 0 saturated heterocycles. The van der Waals surface area contributed by atoms with Crippen molar-refractivity contribution in [1.29, 1.82) is 0 Å². The van der Waals surface area contributed by atoms with Crippen molar-refractivity contribution in [2.75, 3.05) is 0 Å². The van der Waals surface area contributed by atoms with Gasteiger partial charge in [-0.15, -0.1) is 0 Å². The third kappa shape index (κ3) is 1.21. The second-order valence-corrected chi connectivity index (χ2v) is 5.49. The molecule has 0 fully saturated rings. The summed E-state index contributed by atoms with van der Waals surface area (Å²) in [5, 5.41) is 10.7. The van der Waals surface area contributed by atoms with Crippen molar-refractivity contribution in [1.82, 2.24) is 0 Å². The minimum Gasteiger partial charge on any atom is -0.0616 e. The van der Waals surface area contributed by atoms with Crippen molar-refractivity contribution in [2.45, 2.75) is 0 Å². The SMILES string of the molecule is c1ccc2cc3ccc4ccc5ccc(cc2c1)c3c54. The van der Waals surface area contributed by atoms with Gasteiger partial charge in [-0.3, -0.25) is 0 Å². The molecule has 0 amide bonds. The molecule has 0 aliphatic heterocycles. The molecule has 0 heterocycles. The molecule has 0 spiro atoms. The molecule has 0 saturated carbocycles. The molecule has 5 aromatic rings. The Morgan fingerprint density at radius 1 is 0.350 bits per heavy atom. The minimum atomic E-state index is 1.30. The van der Waals surface area contributed by atoms with Crippen molar-refractivity contribution in [3.05, 3.63) is 72.8 Å². The van der Waals surface area contributed by atoms with E-state index in [1.807, 2.05) is 0 Å². The summed E-state index contributed by atoms with van der Waals surface area (Å²) in [6.07, 6.45) is 0. The molecule has 0 aliphatic rings. The molecule has 20 heavy (non-hydrogen) atoms.